The number of carbonyl (C=O) groups is 1. The average Bonchev–Trinajstić information content (AvgIpc) is 3.45. The maximum atomic E-state index is 12.7. The number of fused-ring (bicyclic) bond motifs is 4. The van der Waals surface area contributed by atoms with Gasteiger partial charge in [-0.25, -0.2) is 0 Å². The smallest absolute Gasteiger partial charge is 0.248 e. The molecule has 1 amide bonds. The fourth-order valence-electron chi connectivity index (χ4n) is 6.93. The number of allylic oxidation sites excluding steroid dienone is 9. The highest BCUT2D eigenvalue weighted by molar-refractivity contribution is 5.89. The van der Waals surface area contributed by atoms with Crippen LogP contribution in [0.25, 0.3) is 0 Å². The van der Waals surface area contributed by atoms with Crippen molar-refractivity contribution in [2.24, 2.45) is 22.7 Å². The molecule has 0 aliphatic heterocycles. The van der Waals surface area contributed by atoms with Crippen molar-refractivity contribution in [1.82, 2.24) is 10.6 Å². The van der Waals surface area contributed by atoms with E-state index in [1.165, 1.54) is 34.4 Å². The summed E-state index contributed by atoms with van der Waals surface area (Å²) in [6.07, 6.45) is 19.6. The monoisotopic (exact) mass is 558 g/mol. The Morgan fingerprint density at radius 2 is 1.56 bits per heavy atom. The lowest BCUT2D eigenvalue weighted by atomic mass is 9.63. The van der Waals surface area contributed by atoms with Crippen molar-refractivity contribution >= 4 is 5.91 Å². The highest BCUT2D eigenvalue weighted by Gasteiger charge is 2.51. The predicted octanol–water partition coefficient (Wildman–Crippen LogP) is 7.65. The molecule has 0 spiro atoms. The van der Waals surface area contributed by atoms with E-state index in [1.54, 1.807) is 18.4 Å². The molecule has 3 rings (SSSR count). The first-order valence-corrected chi connectivity index (χ1v) is 14.9. The molecule has 3 aliphatic rings. The van der Waals surface area contributed by atoms with Crippen LogP contribution in [-0.4, -0.2) is 28.3 Å². The SMILES string of the molecule is C=C/C(O)=C(\C=C\NC(C)C)NC(=O)/C=C/C=C(\C=C)C(C)(C)C1C2=C3CCC(=C1CC2)C3C(O)C(C)(C)C=CC. The summed E-state index contributed by atoms with van der Waals surface area (Å²) in [6.45, 7) is 22.5. The Labute approximate surface area is 247 Å². The van der Waals surface area contributed by atoms with Crippen molar-refractivity contribution < 1.29 is 15.0 Å². The van der Waals surface area contributed by atoms with Crippen LogP contribution >= 0.6 is 0 Å². The molecule has 3 aliphatic carbocycles. The van der Waals surface area contributed by atoms with Crippen molar-refractivity contribution in [2.45, 2.75) is 86.3 Å². The van der Waals surface area contributed by atoms with E-state index in [4.69, 9.17) is 0 Å². The van der Waals surface area contributed by atoms with E-state index in [-0.39, 0.29) is 46.1 Å². The van der Waals surface area contributed by atoms with Gasteiger partial charge in [-0.2, -0.15) is 0 Å². The number of aliphatic hydroxyl groups excluding tert-OH is 2. The maximum Gasteiger partial charge on any atom is 0.248 e. The minimum absolute atomic E-state index is 0.110. The van der Waals surface area contributed by atoms with Gasteiger partial charge in [-0.05, 0) is 75.8 Å². The van der Waals surface area contributed by atoms with Crippen molar-refractivity contribution in [3.63, 3.8) is 0 Å². The summed E-state index contributed by atoms with van der Waals surface area (Å²) in [6, 6.07) is 0.225. The normalized spacial score (nSPS) is 22.8. The lowest BCUT2D eigenvalue weighted by molar-refractivity contribution is -0.115. The fraction of sp³-hybridized carbons (Fsp3) is 0.472. The van der Waals surface area contributed by atoms with Gasteiger partial charge in [-0.15, -0.1) is 0 Å². The Bertz CT molecular complexity index is 1230. The van der Waals surface area contributed by atoms with Crippen molar-refractivity contribution in [2.75, 3.05) is 0 Å². The molecule has 2 fully saturated rings. The minimum Gasteiger partial charge on any atom is -0.506 e. The van der Waals surface area contributed by atoms with Gasteiger partial charge >= 0.3 is 0 Å². The number of carbonyl (C=O) groups excluding carboxylic acids is 1. The second-order valence-electron chi connectivity index (χ2n) is 12.8. The van der Waals surface area contributed by atoms with Crippen LogP contribution in [0.1, 0.15) is 74.1 Å². The molecule has 5 nitrogen and oxygen atoms in total. The summed E-state index contributed by atoms with van der Waals surface area (Å²) in [5.74, 6) is -0.0563. The fourth-order valence-corrected chi connectivity index (χ4v) is 6.93. The van der Waals surface area contributed by atoms with E-state index in [2.05, 4.69) is 57.6 Å². The van der Waals surface area contributed by atoms with Crippen LogP contribution in [0.4, 0.5) is 0 Å². The van der Waals surface area contributed by atoms with E-state index in [0.717, 1.165) is 31.3 Å². The molecule has 4 bridgehead atoms. The average molecular weight is 559 g/mol. The summed E-state index contributed by atoms with van der Waals surface area (Å²) in [5, 5.41) is 27.5. The van der Waals surface area contributed by atoms with Crippen LogP contribution in [0.2, 0.25) is 0 Å². The first-order chi connectivity index (χ1) is 19.3. The first-order valence-electron chi connectivity index (χ1n) is 14.9. The Balaban J connectivity index is 1.85. The standard InChI is InChI=1S/C36H50N2O3/c1-10-21-35(6,7)34(41)32-25-16-17-26(32)28-19-18-27(25)33(28)36(8,9)24(11-2)14-13-15-31(40)38-29(30(39)12-3)20-22-37-23(4)5/h10-15,20-23,32-34,37,39,41H,2-3,16-19H2,1,4-9H3,(H,38,40)/b15-13+,21-10?,22-20+,24-14+,30-29-. The van der Waals surface area contributed by atoms with Gasteiger partial charge in [0.15, 0.2) is 0 Å². The zero-order chi connectivity index (χ0) is 30.5. The molecule has 222 valence electrons. The van der Waals surface area contributed by atoms with E-state index in [9.17, 15) is 15.0 Å². The lowest BCUT2D eigenvalue weighted by Crippen LogP contribution is -2.38. The van der Waals surface area contributed by atoms with E-state index < -0.39 is 6.10 Å². The summed E-state index contributed by atoms with van der Waals surface area (Å²) >= 11 is 0. The molecule has 2 saturated carbocycles. The topological polar surface area (TPSA) is 81.6 Å². The highest BCUT2D eigenvalue weighted by Crippen LogP contribution is 2.62. The third kappa shape index (κ3) is 6.78. The van der Waals surface area contributed by atoms with Gasteiger partial charge in [0.1, 0.15) is 5.76 Å². The molecule has 0 saturated heterocycles. The van der Waals surface area contributed by atoms with E-state index in [1.807, 2.05) is 39.0 Å². The van der Waals surface area contributed by atoms with Crippen LogP contribution in [-0.2, 0) is 4.79 Å². The molecule has 0 aromatic carbocycles. The van der Waals surface area contributed by atoms with Crippen LogP contribution < -0.4 is 10.6 Å². The summed E-state index contributed by atoms with van der Waals surface area (Å²) in [7, 11) is 0. The molecule has 1 atom stereocenters. The minimum atomic E-state index is -0.440. The number of hydrogen-bond acceptors (Lipinski definition) is 4. The molecule has 5 heteroatoms. The Morgan fingerprint density at radius 1 is 0.976 bits per heavy atom. The molecule has 41 heavy (non-hydrogen) atoms. The van der Waals surface area contributed by atoms with Gasteiger partial charge in [0, 0.05) is 29.4 Å². The zero-order valence-electron chi connectivity index (χ0n) is 26.1. The van der Waals surface area contributed by atoms with Crippen molar-refractivity contribution in [3.8, 4) is 0 Å². The van der Waals surface area contributed by atoms with Gasteiger partial charge < -0.3 is 20.8 Å². The second kappa shape index (κ2) is 13.1. The first kappa shape index (κ1) is 32.2. The van der Waals surface area contributed by atoms with Gasteiger partial charge in [-0.1, -0.05) is 93.5 Å². The van der Waals surface area contributed by atoms with Crippen LogP contribution in [0.15, 0.2) is 107 Å². The quantitative estimate of drug-likeness (QED) is 0.0810. The Kier molecular flexibility index (Phi) is 10.3. The molecule has 0 aromatic heterocycles. The third-order valence-electron chi connectivity index (χ3n) is 8.89. The number of rotatable bonds is 13. The van der Waals surface area contributed by atoms with Crippen LogP contribution in [0.3, 0.4) is 0 Å². The van der Waals surface area contributed by atoms with Gasteiger partial charge in [0.2, 0.25) is 5.91 Å². The van der Waals surface area contributed by atoms with Gasteiger partial charge in [-0.3, -0.25) is 4.79 Å². The second-order valence-corrected chi connectivity index (χ2v) is 12.8. The van der Waals surface area contributed by atoms with Gasteiger partial charge in [0.25, 0.3) is 0 Å². The number of nitrogens with one attached hydrogen (secondary N) is 2. The van der Waals surface area contributed by atoms with Gasteiger partial charge in [0.05, 0.1) is 11.8 Å². The van der Waals surface area contributed by atoms with E-state index >= 15 is 0 Å². The van der Waals surface area contributed by atoms with Crippen molar-refractivity contribution in [1.29, 1.82) is 0 Å². The lowest BCUT2D eigenvalue weighted by Gasteiger charge is -2.42. The Hall–Kier alpha value is -3.31. The third-order valence-corrected chi connectivity index (χ3v) is 8.89. The van der Waals surface area contributed by atoms with Crippen LogP contribution in [0.5, 0.6) is 0 Å². The number of aliphatic hydroxyl groups is 2. The van der Waals surface area contributed by atoms with Crippen LogP contribution in [0, 0.1) is 22.7 Å². The zero-order valence-corrected chi connectivity index (χ0v) is 26.1. The molecule has 1 unspecified atom stereocenters. The largest absolute Gasteiger partial charge is 0.506 e. The molecular weight excluding hydrogens is 508 g/mol. The van der Waals surface area contributed by atoms with Crippen molar-refractivity contribution in [3.05, 3.63) is 107 Å². The molecular formula is C36H50N2O3. The number of amides is 1. The highest BCUT2D eigenvalue weighted by atomic mass is 16.3. The maximum absolute atomic E-state index is 12.7. The predicted molar refractivity (Wildman–Crippen MR) is 171 cm³/mol. The summed E-state index contributed by atoms with van der Waals surface area (Å²) in [4.78, 5) is 12.7. The molecule has 4 N–H and O–H groups in total. The molecule has 0 heterocycles. The van der Waals surface area contributed by atoms with E-state index in [0.29, 0.717) is 0 Å². The molecule has 0 radical (unpaired) electrons. The number of hydrogen-bond donors (Lipinski definition) is 4. The molecule has 0 aromatic rings. The Morgan fingerprint density at radius 3 is 2.07 bits per heavy atom. The summed E-state index contributed by atoms with van der Waals surface area (Å²) in [5.41, 5.74) is 6.70. The summed E-state index contributed by atoms with van der Waals surface area (Å²) < 4.78 is 0.